The molecule has 0 aromatic heterocycles. The number of methoxy groups -OCH3 is 1. The fourth-order valence-electron chi connectivity index (χ4n) is 2.73. The van der Waals surface area contributed by atoms with Crippen LogP contribution in [0.5, 0.6) is 0 Å². The number of esters is 1. The molecule has 1 aliphatic heterocycles. The van der Waals surface area contributed by atoms with Crippen LogP contribution in [0.15, 0.2) is 29.2 Å². The van der Waals surface area contributed by atoms with Gasteiger partial charge in [0.2, 0.25) is 15.9 Å². The Morgan fingerprint density at radius 1 is 1.22 bits per heavy atom. The average Bonchev–Trinajstić information content (AvgIpc) is 2.65. The first-order valence-electron chi connectivity index (χ1n) is 8.64. The lowest BCUT2D eigenvalue weighted by atomic mass is 10.3. The van der Waals surface area contributed by atoms with E-state index in [2.05, 4.69) is 10.1 Å². The first-order chi connectivity index (χ1) is 12.8. The molecule has 0 spiro atoms. The molecule has 0 unspecified atom stereocenters. The van der Waals surface area contributed by atoms with Gasteiger partial charge in [-0.25, -0.2) is 12.8 Å². The van der Waals surface area contributed by atoms with Crippen LogP contribution >= 0.6 is 0 Å². The lowest BCUT2D eigenvalue weighted by Crippen LogP contribution is -2.51. The van der Waals surface area contributed by atoms with Gasteiger partial charge in [0.05, 0.1) is 18.6 Å². The SMILES string of the molecule is COC(=O)CCCNC(=O)CN1CCN(S(=O)(=O)c2cccc(F)c2)CC1. The van der Waals surface area contributed by atoms with Crippen LogP contribution in [0, 0.1) is 5.82 Å². The van der Waals surface area contributed by atoms with Crippen LogP contribution in [0.3, 0.4) is 0 Å². The van der Waals surface area contributed by atoms with Crippen molar-refractivity contribution in [2.75, 3.05) is 46.4 Å². The summed E-state index contributed by atoms with van der Waals surface area (Å²) in [6.07, 6.45) is 0.742. The topological polar surface area (TPSA) is 96.0 Å². The second-order valence-corrected chi connectivity index (χ2v) is 8.11. The number of ether oxygens (including phenoxy) is 1. The largest absolute Gasteiger partial charge is 0.469 e. The van der Waals surface area contributed by atoms with Crippen molar-refractivity contribution in [2.45, 2.75) is 17.7 Å². The van der Waals surface area contributed by atoms with Crippen molar-refractivity contribution in [2.24, 2.45) is 0 Å². The minimum absolute atomic E-state index is 0.0701. The van der Waals surface area contributed by atoms with E-state index in [0.29, 0.717) is 26.1 Å². The quantitative estimate of drug-likeness (QED) is 0.494. The monoisotopic (exact) mass is 401 g/mol. The van der Waals surface area contributed by atoms with E-state index in [0.717, 1.165) is 6.07 Å². The molecule has 0 radical (unpaired) electrons. The molecular formula is C17H24FN3O5S. The Morgan fingerprint density at radius 2 is 1.93 bits per heavy atom. The minimum atomic E-state index is -3.74. The maximum atomic E-state index is 13.3. The highest BCUT2D eigenvalue weighted by atomic mass is 32.2. The zero-order valence-electron chi connectivity index (χ0n) is 15.2. The van der Waals surface area contributed by atoms with Crippen molar-refractivity contribution in [1.29, 1.82) is 0 Å². The fourth-order valence-corrected chi connectivity index (χ4v) is 4.18. The van der Waals surface area contributed by atoms with Crippen LogP contribution in [-0.4, -0.2) is 75.9 Å². The predicted octanol–water partition coefficient (Wildman–Crippen LogP) is 0.201. The van der Waals surface area contributed by atoms with Crippen LogP contribution in [0.2, 0.25) is 0 Å². The van der Waals surface area contributed by atoms with Crippen LogP contribution in [0.4, 0.5) is 4.39 Å². The normalized spacial score (nSPS) is 16.1. The van der Waals surface area contributed by atoms with Crippen molar-refractivity contribution in [3.8, 4) is 0 Å². The highest BCUT2D eigenvalue weighted by molar-refractivity contribution is 7.89. The summed E-state index contributed by atoms with van der Waals surface area (Å²) in [5, 5.41) is 2.72. The molecule has 1 aliphatic rings. The van der Waals surface area contributed by atoms with E-state index in [-0.39, 0.29) is 42.8 Å². The maximum absolute atomic E-state index is 13.3. The molecule has 0 bridgehead atoms. The Labute approximate surface area is 158 Å². The molecule has 1 amide bonds. The molecule has 0 aliphatic carbocycles. The third-order valence-corrected chi connectivity index (χ3v) is 6.13. The standard InChI is InChI=1S/C17H24FN3O5S/c1-26-17(23)6-3-7-19-16(22)13-20-8-10-21(11-9-20)27(24,25)15-5-2-4-14(18)12-15/h2,4-5,12H,3,6-11,13H2,1H3,(H,19,22). The summed E-state index contributed by atoms with van der Waals surface area (Å²) in [5.41, 5.74) is 0. The number of piperazine rings is 1. The number of benzene rings is 1. The number of amides is 1. The Morgan fingerprint density at radius 3 is 2.56 bits per heavy atom. The number of hydrogen-bond acceptors (Lipinski definition) is 6. The van der Waals surface area contributed by atoms with E-state index < -0.39 is 15.8 Å². The zero-order chi connectivity index (χ0) is 19.9. The highest BCUT2D eigenvalue weighted by Gasteiger charge is 2.29. The van der Waals surface area contributed by atoms with Gasteiger partial charge in [0.1, 0.15) is 5.82 Å². The number of nitrogens with zero attached hydrogens (tertiary/aromatic N) is 2. The molecule has 0 saturated carbocycles. The van der Waals surface area contributed by atoms with Gasteiger partial charge in [-0.15, -0.1) is 0 Å². The molecule has 1 heterocycles. The van der Waals surface area contributed by atoms with Crippen molar-refractivity contribution in [3.05, 3.63) is 30.1 Å². The predicted molar refractivity (Wildman–Crippen MR) is 95.9 cm³/mol. The Kier molecular flexibility index (Phi) is 7.69. The molecule has 150 valence electrons. The number of hydrogen-bond donors (Lipinski definition) is 1. The fraction of sp³-hybridized carbons (Fsp3) is 0.529. The summed E-state index contributed by atoms with van der Waals surface area (Å²) in [5.74, 6) is -1.10. The smallest absolute Gasteiger partial charge is 0.305 e. The summed E-state index contributed by atoms with van der Waals surface area (Å²) >= 11 is 0. The number of nitrogens with one attached hydrogen (secondary N) is 1. The lowest BCUT2D eigenvalue weighted by molar-refractivity contribution is -0.140. The molecule has 1 fully saturated rings. The number of carbonyl (C=O) groups is 2. The first kappa shape index (κ1) is 21.3. The Hall–Kier alpha value is -2.04. The van der Waals surface area contributed by atoms with Gasteiger partial charge in [-0.3, -0.25) is 14.5 Å². The molecule has 0 atom stereocenters. The Balaban J connectivity index is 1.76. The van der Waals surface area contributed by atoms with Crippen LogP contribution in [0.1, 0.15) is 12.8 Å². The third-order valence-electron chi connectivity index (χ3n) is 4.24. The van der Waals surface area contributed by atoms with E-state index in [1.54, 1.807) is 0 Å². The van der Waals surface area contributed by atoms with Gasteiger partial charge in [-0.1, -0.05) is 6.07 Å². The van der Waals surface area contributed by atoms with Crippen LogP contribution in [0.25, 0.3) is 0 Å². The lowest BCUT2D eigenvalue weighted by Gasteiger charge is -2.33. The summed E-state index contributed by atoms with van der Waals surface area (Å²) in [6, 6.07) is 4.93. The van der Waals surface area contributed by atoms with Gasteiger partial charge in [0.15, 0.2) is 0 Å². The molecule has 27 heavy (non-hydrogen) atoms. The molecule has 1 aromatic carbocycles. The molecule has 1 aromatic rings. The van der Waals surface area contributed by atoms with E-state index in [9.17, 15) is 22.4 Å². The Bertz CT molecular complexity index is 764. The van der Waals surface area contributed by atoms with Crippen molar-refractivity contribution < 1.29 is 27.1 Å². The third kappa shape index (κ3) is 6.26. The van der Waals surface area contributed by atoms with Crippen molar-refractivity contribution in [1.82, 2.24) is 14.5 Å². The summed E-state index contributed by atoms with van der Waals surface area (Å²) < 4.78 is 44.2. The maximum Gasteiger partial charge on any atom is 0.305 e. The average molecular weight is 401 g/mol. The minimum Gasteiger partial charge on any atom is -0.469 e. The van der Waals surface area contributed by atoms with Gasteiger partial charge >= 0.3 is 5.97 Å². The second-order valence-electron chi connectivity index (χ2n) is 6.17. The van der Waals surface area contributed by atoms with Gasteiger partial charge in [0.25, 0.3) is 0 Å². The molecule has 1 saturated heterocycles. The number of halogens is 1. The van der Waals surface area contributed by atoms with E-state index in [1.165, 1.54) is 29.6 Å². The van der Waals surface area contributed by atoms with E-state index >= 15 is 0 Å². The number of carbonyl (C=O) groups excluding carboxylic acids is 2. The van der Waals surface area contributed by atoms with Gasteiger partial charge in [-0.05, 0) is 24.6 Å². The molecule has 8 nitrogen and oxygen atoms in total. The molecule has 1 N–H and O–H groups in total. The van der Waals surface area contributed by atoms with Gasteiger partial charge < -0.3 is 10.1 Å². The molecule has 2 rings (SSSR count). The summed E-state index contributed by atoms with van der Waals surface area (Å²) in [4.78, 5) is 24.7. The number of sulfonamides is 1. The summed E-state index contributed by atoms with van der Waals surface area (Å²) in [7, 11) is -2.43. The van der Waals surface area contributed by atoms with Crippen LogP contribution < -0.4 is 5.32 Å². The summed E-state index contributed by atoms with van der Waals surface area (Å²) in [6.45, 7) is 1.81. The van der Waals surface area contributed by atoms with E-state index in [1.807, 2.05) is 4.90 Å². The highest BCUT2D eigenvalue weighted by Crippen LogP contribution is 2.18. The van der Waals surface area contributed by atoms with Crippen LogP contribution in [-0.2, 0) is 24.3 Å². The zero-order valence-corrected chi connectivity index (χ0v) is 16.0. The van der Waals surface area contributed by atoms with E-state index in [4.69, 9.17) is 0 Å². The number of rotatable bonds is 8. The first-order valence-corrected chi connectivity index (χ1v) is 10.1. The van der Waals surface area contributed by atoms with Crippen molar-refractivity contribution >= 4 is 21.9 Å². The molecule has 10 heteroatoms. The van der Waals surface area contributed by atoms with Gasteiger partial charge in [-0.2, -0.15) is 4.31 Å². The van der Waals surface area contributed by atoms with Crippen molar-refractivity contribution in [3.63, 3.8) is 0 Å². The molecular weight excluding hydrogens is 377 g/mol. The van der Waals surface area contributed by atoms with Gasteiger partial charge in [0, 0.05) is 39.1 Å². The second kappa shape index (κ2) is 9.77.